The molecular weight excluding hydrogens is 308 g/mol. The first-order valence-electron chi connectivity index (χ1n) is 8.23. The third kappa shape index (κ3) is 4.39. The lowest BCUT2D eigenvalue weighted by Gasteiger charge is -2.06. The molecule has 0 saturated heterocycles. The molecule has 3 rings (SSSR count). The molecule has 1 aromatic heterocycles. The molecule has 1 heterocycles. The second-order valence-electron chi connectivity index (χ2n) is 5.97. The Hall–Kier alpha value is -1.72. The van der Waals surface area contributed by atoms with Gasteiger partial charge in [0.1, 0.15) is 0 Å². The Morgan fingerprint density at radius 2 is 2.00 bits per heavy atom. The zero-order chi connectivity index (χ0) is 16.1. The first-order chi connectivity index (χ1) is 11.2. The molecule has 2 N–H and O–H groups in total. The van der Waals surface area contributed by atoms with E-state index in [0.29, 0.717) is 5.56 Å². The molecule has 122 valence electrons. The van der Waals surface area contributed by atoms with E-state index < -0.39 is 5.97 Å². The molecule has 0 saturated carbocycles. The Morgan fingerprint density at radius 3 is 2.74 bits per heavy atom. The van der Waals surface area contributed by atoms with Gasteiger partial charge in [-0.15, -0.1) is 11.3 Å². The summed E-state index contributed by atoms with van der Waals surface area (Å²) in [5.74, 6) is -0.879. The maximum absolute atomic E-state index is 10.8. The predicted molar refractivity (Wildman–Crippen MR) is 92.2 cm³/mol. The number of nitrogens with zero attached hydrogens (tertiary/aromatic N) is 1. The lowest BCUT2D eigenvalue weighted by molar-refractivity contribution is 0.0697. The topological polar surface area (TPSA) is 62.2 Å². The third-order valence-electron chi connectivity index (χ3n) is 4.16. The molecule has 0 atom stereocenters. The molecule has 0 bridgehead atoms. The monoisotopic (exact) mass is 330 g/mol. The SMILES string of the molecule is O=C(O)c1ccc(CNCCCc2nc3c(s2)CCCC3)cc1. The van der Waals surface area contributed by atoms with Crippen LogP contribution in [-0.4, -0.2) is 22.6 Å². The molecule has 23 heavy (non-hydrogen) atoms. The average Bonchev–Trinajstić information content (AvgIpc) is 2.97. The number of aryl methyl sites for hydroxylation is 3. The van der Waals surface area contributed by atoms with Crippen LogP contribution in [0.3, 0.4) is 0 Å². The molecular formula is C18H22N2O2S. The number of benzene rings is 1. The van der Waals surface area contributed by atoms with Crippen molar-refractivity contribution in [3.63, 3.8) is 0 Å². The number of aromatic nitrogens is 1. The predicted octanol–water partition coefficient (Wildman–Crippen LogP) is 3.44. The third-order valence-corrected chi connectivity index (χ3v) is 5.38. The number of thiazole rings is 1. The molecule has 0 spiro atoms. The van der Waals surface area contributed by atoms with Crippen LogP contribution in [0.15, 0.2) is 24.3 Å². The zero-order valence-corrected chi connectivity index (χ0v) is 14.0. The number of aromatic carboxylic acids is 1. The van der Waals surface area contributed by atoms with Crippen molar-refractivity contribution in [3.8, 4) is 0 Å². The summed E-state index contributed by atoms with van der Waals surface area (Å²) in [6, 6.07) is 7.04. The summed E-state index contributed by atoms with van der Waals surface area (Å²) in [4.78, 5) is 17.1. The standard InChI is InChI=1S/C18H22N2O2S/c21-18(22)14-9-7-13(8-10-14)12-19-11-3-6-17-20-15-4-1-2-5-16(15)23-17/h7-10,19H,1-6,11-12H2,(H,21,22). The van der Waals surface area contributed by atoms with Gasteiger partial charge in [-0.1, -0.05) is 12.1 Å². The van der Waals surface area contributed by atoms with E-state index in [9.17, 15) is 4.79 Å². The Bertz CT molecular complexity index is 641. The highest BCUT2D eigenvalue weighted by Crippen LogP contribution is 2.27. The second kappa shape index (κ2) is 7.70. The first-order valence-corrected chi connectivity index (χ1v) is 9.04. The molecule has 0 fully saturated rings. The summed E-state index contributed by atoms with van der Waals surface area (Å²) in [7, 11) is 0. The highest BCUT2D eigenvalue weighted by atomic mass is 32.1. The van der Waals surface area contributed by atoms with Crippen molar-refractivity contribution in [2.24, 2.45) is 0 Å². The summed E-state index contributed by atoms with van der Waals surface area (Å²) in [5, 5.41) is 13.6. The minimum absolute atomic E-state index is 0.335. The van der Waals surface area contributed by atoms with Gasteiger partial charge in [-0.3, -0.25) is 0 Å². The number of nitrogens with one attached hydrogen (secondary N) is 1. The summed E-state index contributed by atoms with van der Waals surface area (Å²) in [6.45, 7) is 1.72. The number of carboxylic acids is 1. The van der Waals surface area contributed by atoms with Crippen molar-refractivity contribution in [2.45, 2.75) is 45.1 Å². The summed E-state index contributed by atoms with van der Waals surface area (Å²) >= 11 is 1.90. The van der Waals surface area contributed by atoms with Crippen molar-refractivity contribution >= 4 is 17.3 Å². The van der Waals surface area contributed by atoms with Crippen LogP contribution in [0.1, 0.15) is 50.8 Å². The van der Waals surface area contributed by atoms with Crippen LogP contribution in [0.4, 0.5) is 0 Å². The van der Waals surface area contributed by atoms with Crippen LogP contribution in [0.25, 0.3) is 0 Å². The quantitative estimate of drug-likeness (QED) is 0.763. The average molecular weight is 330 g/mol. The smallest absolute Gasteiger partial charge is 0.335 e. The molecule has 0 amide bonds. The molecule has 1 aromatic carbocycles. The molecule has 0 unspecified atom stereocenters. The van der Waals surface area contributed by atoms with Crippen LogP contribution in [0, 0.1) is 0 Å². The minimum Gasteiger partial charge on any atom is -0.478 e. The van der Waals surface area contributed by atoms with Gasteiger partial charge in [-0.2, -0.15) is 0 Å². The van der Waals surface area contributed by atoms with E-state index in [-0.39, 0.29) is 0 Å². The molecule has 1 aliphatic rings. The van der Waals surface area contributed by atoms with Gasteiger partial charge in [0.05, 0.1) is 16.3 Å². The zero-order valence-electron chi connectivity index (χ0n) is 13.2. The maximum atomic E-state index is 10.8. The van der Waals surface area contributed by atoms with E-state index in [4.69, 9.17) is 10.1 Å². The van der Waals surface area contributed by atoms with Gasteiger partial charge in [0.25, 0.3) is 0 Å². The number of fused-ring (bicyclic) bond motifs is 1. The second-order valence-corrected chi connectivity index (χ2v) is 7.14. The Kier molecular flexibility index (Phi) is 5.41. The lowest BCUT2D eigenvalue weighted by atomic mass is 10.0. The van der Waals surface area contributed by atoms with E-state index in [2.05, 4.69) is 5.32 Å². The first kappa shape index (κ1) is 16.1. The largest absolute Gasteiger partial charge is 0.478 e. The van der Waals surface area contributed by atoms with Gasteiger partial charge in [-0.05, 0) is 56.3 Å². The van der Waals surface area contributed by atoms with Crippen LogP contribution in [0.5, 0.6) is 0 Å². The summed E-state index contributed by atoms with van der Waals surface area (Å²) in [5.41, 5.74) is 2.80. The molecule has 0 radical (unpaired) electrons. The number of carboxylic acid groups (broad SMARTS) is 1. The molecule has 5 heteroatoms. The lowest BCUT2D eigenvalue weighted by Crippen LogP contribution is -2.15. The molecule has 2 aromatic rings. The Labute approximate surface area is 140 Å². The van der Waals surface area contributed by atoms with Crippen LogP contribution in [0.2, 0.25) is 0 Å². The fraction of sp³-hybridized carbons (Fsp3) is 0.444. The van der Waals surface area contributed by atoms with E-state index in [1.807, 2.05) is 23.5 Å². The van der Waals surface area contributed by atoms with Gasteiger partial charge >= 0.3 is 5.97 Å². The number of carbonyl (C=O) groups is 1. The molecule has 0 aliphatic heterocycles. The van der Waals surface area contributed by atoms with E-state index in [0.717, 1.165) is 37.9 Å². The van der Waals surface area contributed by atoms with E-state index >= 15 is 0 Å². The molecule has 1 aliphatic carbocycles. The van der Waals surface area contributed by atoms with Gasteiger partial charge in [0.2, 0.25) is 0 Å². The van der Waals surface area contributed by atoms with Crippen LogP contribution >= 0.6 is 11.3 Å². The normalized spacial score (nSPS) is 13.7. The van der Waals surface area contributed by atoms with Gasteiger partial charge in [-0.25, -0.2) is 9.78 Å². The minimum atomic E-state index is -0.879. The number of rotatable bonds is 7. The van der Waals surface area contributed by atoms with Crippen molar-refractivity contribution in [1.29, 1.82) is 0 Å². The fourth-order valence-corrected chi connectivity index (χ4v) is 4.07. The van der Waals surface area contributed by atoms with Crippen molar-refractivity contribution in [2.75, 3.05) is 6.54 Å². The number of hydrogen-bond acceptors (Lipinski definition) is 4. The van der Waals surface area contributed by atoms with Crippen molar-refractivity contribution in [1.82, 2.24) is 10.3 Å². The molecule has 4 nitrogen and oxygen atoms in total. The number of hydrogen-bond donors (Lipinski definition) is 2. The van der Waals surface area contributed by atoms with Gasteiger partial charge in [0, 0.05) is 17.8 Å². The van der Waals surface area contributed by atoms with Crippen LogP contribution in [-0.2, 0) is 25.8 Å². The highest BCUT2D eigenvalue weighted by Gasteiger charge is 2.14. The van der Waals surface area contributed by atoms with Crippen molar-refractivity contribution in [3.05, 3.63) is 51.0 Å². The Morgan fingerprint density at radius 1 is 1.22 bits per heavy atom. The van der Waals surface area contributed by atoms with Crippen LogP contribution < -0.4 is 5.32 Å². The van der Waals surface area contributed by atoms with E-state index in [1.165, 1.54) is 34.8 Å². The summed E-state index contributed by atoms with van der Waals surface area (Å²) < 4.78 is 0. The highest BCUT2D eigenvalue weighted by molar-refractivity contribution is 7.11. The van der Waals surface area contributed by atoms with E-state index in [1.54, 1.807) is 12.1 Å². The van der Waals surface area contributed by atoms with Gasteiger partial charge in [0.15, 0.2) is 0 Å². The summed E-state index contributed by atoms with van der Waals surface area (Å²) in [6.07, 6.45) is 7.12. The fourth-order valence-electron chi connectivity index (χ4n) is 2.87. The maximum Gasteiger partial charge on any atom is 0.335 e. The van der Waals surface area contributed by atoms with Crippen molar-refractivity contribution < 1.29 is 9.90 Å². The van der Waals surface area contributed by atoms with Gasteiger partial charge < -0.3 is 10.4 Å². The Balaban J connectivity index is 1.38.